The Labute approximate surface area is 338 Å². The third-order valence-electron chi connectivity index (χ3n) is 10.3. The number of piperidine rings is 1. The fraction of sp³-hybridized carbons (Fsp3) is 0.295. The van der Waals surface area contributed by atoms with Crippen LogP contribution in [-0.2, 0) is 16.3 Å². The molecule has 14 heteroatoms. The van der Waals surface area contributed by atoms with Crippen LogP contribution in [0.5, 0.6) is 0 Å². The van der Waals surface area contributed by atoms with Crippen molar-refractivity contribution in [1.82, 2.24) is 20.3 Å². The fourth-order valence-corrected chi connectivity index (χ4v) is 7.70. The molecule has 2 N–H and O–H groups in total. The quantitative estimate of drug-likeness (QED) is 0.161. The number of anilines is 2. The Balaban J connectivity index is 0.000000208. The molecule has 2 saturated heterocycles. The van der Waals surface area contributed by atoms with Gasteiger partial charge in [0.15, 0.2) is 20.6 Å². The number of benzene rings is 2. The number of carboxylic acids is 1. The lowest BCUT2D eigenvalue weighted by Gasteiger charge is -2.29. The van der Waals surface area contributed by atoms with E-state index < -0.39 is 15.8 Å². The predicted molar refractivity (Wildman–Crippen MR) is 222 cm³/mol. The molecule has 2 aromatic carbocycles. The van der Waals surface area contributed by atoms with E-state index in [1.807, 2.05) is 32.0 Å². The van der Waals surface area contributed by atoms with E-state index >= 15 is 0 Å². The average Bonchev–Trinajstić information content (AvgIpc) is 3.24. The van der Waals surface area contributed by atoms with E-state index in [4.69, 9.17) is 0 Å². The number of pyridine rings is 3. The van der Waals surface area contributed by atoms with Crippen LogP contribution < -0.4 is 15.1 Å². The molecule has 0 spiro atoms. The molecule has 296 valence electrons. The molecule has 0 amide bonds. The number of aromatic carboxylic acids is 1. The van der Waals surface area contributed by atoms with Gasteiger partial charge in [-0.15, -0.1) is 0 Å². The minimum absolute atomic E-state index is 0.0527. The van der Waals surface area contributed by atoms with Crippen molar-refractivity contribution in [2.45, 2.75) is 44.6 Å². The van der Waals surface area contributed by atoms with Crippen LogP contribution in [0.4, 0.5) is 11.6 Å². The number of nitriles is 2. The molecule has 0 aliphatic carbocycles. The van der Waals surface area contributed by atoms with Gasteiger partial charge in [0, 0.05) is 87.2 Å². The molecule has 0 atom stereocenters. The van der Waals surface area contributed by atoms with Gasteiger partial charge in [-0.1, -0.05) is 18.2 Å². The molecular weight excluding hydrogens is 753 g/mol. The first-order chi connectivity index (χ1) is 27.9. The van der Waals surface area contributed by atoms with Gasteiger partial charge in [0.2, 0.25) is 0 Å². The van der Waals surface area contributed by atoms with Crippen molar-refractivity contribution in [3.05, 3.63) is 118 Å². The number of sulfone groups is 1. The van der Waals surface area contributed by atoms with Gasteiger partial charge in [-0.3, -0.25) is 4.79 Å². The molecule has 2 fully saturated rings. The molecule has 5 heterocycles. The van der Waals surface area contributed by atoms with Gasteiger partial charge in [0.1, 0.15) is 23.8 Å². The van der Waals surface area contributed by atoms with Gasteiger partial charge in [-0.25, -0.2) is 28.2 Å². The zero-order valence-electron chi connectivity index (χ0n) is 32.7. The van der Waals surface area contributed by atoms with Crippen LogP contribution in [0.25, 0.3) is 22.3 Å². The van der Waals surface area contributed by atoms with Crippen LogP contribution in [0.2, 0.25) is 0 Å². The number of rotatable bonds is 9. The van der Waals surface area contributed by atoms with Gasteiger partial charge in [-0.2, -0.15) is 10.5 Å². The summed E-state index contributed by atoms with van der Waals surface area (Å²) in [6.45, 7) is 9.00. The molecule has 0 radical (unpaired) electrons. The van der Waals surface area contributed by atoms with E-state index in [0.29, 0.717) is 28.1 Å². The third kappa shape index (κ3) is 9.72. The van der Waals surface area contributed by atoms with E-state index in [0.717, 1.165) is 97.6 Å². The number of Topliss-reactive ketones (excluding diaryl/α,β-unsaturated/α-hetero) is 1. The minimum atomic E-state index is -3.46. The minimum Gasteiger partial charge on any atom is -0.478 e. The van der Waals surface area contributed by atoms with Crippen molar-refractivity contribution in [3.63, 3.8) is 0 Å². The van der Waals surface area contributed by atoms with Crippen LogP contribution in [0.3, 0.4) is 0 Å². The Bertz CT molecular complexity index is 2550. The summed E-state index contributed by atoms with van der Waals surface area (Å²) < 4.78 is 23.5. The molecule has 0 unspecified atom stereocenters. The molecule has 0 bridgehead atoms. The summed E-state index contributed by atoms with van der Waals surface area (Å²) in [4.78, 5) is 41.5. The molecule has 2 aliphatic rings. The molecule has 0 saturated carbocycles. The lowest BCUT2D eigenvalue weighted by Crippen LogP contribution is -2.44. The number of ketones is 1. The summed E-state index contributed by atoms with van der Waals surface area (Å²) in [6, 6.07) is 21.6. The second kappa shape index (κ2) is 18.2. The third-order valence-corrected chi connectivity index (χ3v) is 11.2. The van der Waals surface area contributed by atoms with E-state index in [-0.39, 0.29) is 22.8 Å². The van der Waals surface area contributed by atoms with Crippen LogP contribution in [0.15, 0.2) is 84.3 Å². The highest BCUT2D eigenvalue weighted by molar-refractivity contribution is 7.90. The predicted octanol–water partition coefficient (Wildman–Crippen LogP) is 6.18. The second-order valence-corrected chi connectivity index (χ2v) is 16.4. The number of aryl methyl sites for hydroxylation is 2. The number of aromatic nitrogens is 3. The van der Waals surface area contributed by atoms with Gasteiger partial charge in [0.25, 0.3) is 0 Å². The Morgan fingerprint density at radius 3 is 1.81 bits per heavy atom. The monoisotopic (exact) mass is 796 g/mol. The van der Waals surface area contributed by atoms with Crippen molar-refractivity contribution in [2.75, 3.05) is 55.3 Å². The van der Waals surface area contributed by atoms with Crippen molar-refractivity contribution in [2.24, 2.45) is 0 Å². The molecule has 5 aromatic rings. The molecule has 3 aromatic heterocycles. The summed E-state index contributed by atoms with van der Waals surface area (Å²) in [5.74, 6) is 0.303. The highest BCUT2D eigenvalue weighted by Gasteiger charge is 2.20. The maximum atomic E-state index is 13.0. The highest BCUT2D eigenvalue weighted by Crippen LogP contribution is 2.31. The Morgan fingerprint density at radius 2 is 1.28 bits per heavy atom. The number of hydrogen-bond donors (Lipinski definition) is 2. The zero-order valence-corrected chi connectivity index (χ0v) is 33.5. The Hall–Kier alpha value is -6.48. The number of nitrogens with zero attached hydrogens (tertiary/aromatic N) is 7. The fourth-order valence-electron chi connectivity index (χ4n) is 7.08. The number of nitrogens with one attached hydrogen (secondary N) is 1. The number of carbonyl (C=O) groups is 2. The number of piperazine rings is 1. The SMILES string of the molecule is Cc1ccc(C(=O)Cc2ccnc(S(C)(=O)=O)c2)cc1-c1cnc(N2CCNCC2)c(C#N)c1.Cc1ccc(C(=O)O)cc1-c1cnc(N2CCCCC2)c(C#N)c1. The first-order valence-electron chi connectivity index (χ1n) is 19.0. The highest BCUT2D eigenvalue weighted by atomic mass is 32.2. The first kappa shape index (κ1) is 41.2. The summed E-state index contributed by atoms with van der Waals surface area (Å²) in [7, 11) is -3.46. The maximum absolute atomic E-state index is 13.0. The molecule has 2 aliphatic heterocycles. The summed E-state index contributed by atoms with van der Waals surface area (Å²) >= 11 is 0. The zero-order chi connectivity index (χ0) is 41.4. The Kier molecular flexibility index (Phi) is 12.9. The normalized spacial score (nSPS) is 14.1. The van der Waals surface area contributed by atoms with E-state index in [9.17, 15) is 33.6 Å². The lowest BCUT2D eigenvalue weighted by molar-refractivity contribution is 0.0696. The molecule has 58 heavy (non-hydrogen) atoms. The van der Waals surface area contributed by atoms with Crippen LogP contribution >= 0.6 is 0 Å². The number of carboxylic acid groups (broad SMARTS) is 1. The van der Waals surface area contributed by atoms with E-state index in [1.54, 1.807) is 48.8 Å². The van der Waals surface area contributed by atoms with E-state index in [1.165, 1.54) is 18.7 Å². The number of carbonyl (C=O) groups excluding carboxylic acids is 1. The van der Waals surface area contributed by atoms with Crippen molar-refractivity contribution in [1.29, 1.82) is 10.5 Å². The molecular formula is C44H44N8O5S. The second-order valence-electron chi connectivity index (χ2n) is 14.4. The van der Waals surface area contributed by atoms with Crippen molar-refractivity contribution >= 4 is 33.2 Å². The standard InChI is InChI=1S/C25H25N5O3S.C19H19N3O2/c1-17-3-4-19(23(31)11-18-5-6-28-24(12-18)34(2,32)33)14-22(17)21-13-20(15-26)25(29-16-21)30-9-7-27-8-10-30;1-13-5-6-14(19(23)24)10-17(13)16-9-15(11-20)18(21-12-16)22-7-3-2-4-8-22/h3-6,12-14,16,27H,7-11H2,1-2H3;5-6,9-10,12H,2-4,7-8H2,1H3,(H,23,24). The van der Waals surface area contributed by atoms with Gasteiger partial charge >= 0.3 is 5.97 Å². The molecule has 7 rings (SSSR count). The van der Waals surface area contributed by atoms with E-state index in [2.05, 4.69) is 42.2 Å². The van der Waals surface area contributed by atoms with Crippen molar-refractivity contribution < 1.29 is 23.1 Å². The smallest absolute Gasteiger partial charge is 0.335 e. The summed E-state index contributed by atoms with van der Waals surface area (Å²) in [5, 5.41) is 31.7. The maximum Gasteiger partial charge on any atom is 0.335 e. The van der Waals surface area contributed by atoms with Gasteiger partial charge in [0.05, 0.1) is 16.7 Å². The van der Waals surface area contributed by atoms with Crippen LogP contribution in [0.1, 0.15) is 67.8 Å². The van der Waals surface area contributed by atoms with Crippen molar-refractivity contribution in [3.8, 4) is 34.4 Å². The summed E-state index contributed by atoms with van der Waals surface area (Å²) in [6.07, 6.45) is 9.48. The first-order valence-corrected chi connectivity index (χ1v) is 20.9. The Morgan fingerprint density at radius 1 is 0.741 bits per heavy atom. The van der Waals surface area contributed by atoms with Crippen LogP contribution in [-0.4, -0.2) is 85.8 Å². The lowest BCUT2D eigenvalue weighted by atomic mass is 9.95. The van der Waals surface area contributed by atoms with Gasteiger partial charge in [-0.05, 0) is 103 Å². The number of hydrogen-bond acceptors (Lipinski definition) is 12. The topological polar surface area (TPSA) is 193 Å². The average molecular weight is 797 g/mol. The molecule has 13 nitrogen and oxygen atoms in total. The largest absolute Gasteiger partial charge is 0.478 e. The summed E-state index contributed by atoms with van der Waals surface area (Å²) in [5.41, 5.74) is 7.43. The van der Waals surface area contributed by atoms with Gasteiger partial charge < -0.3 is 20.2 Å². The van der Waals surface area contributed by atoms with Crippen LogP contribution in [0, 0.1) is 36.5 Å².